The van der Waals surface area contributed by atoms with Crippen LogP contribution in [-0.2, 0) is 21.3 Å². The van der Waals surface area contributed by atoms with Gasteiger partial charge in [-0.15, -0.1) is 0 Å². The van der Waals surface area contributed by atoms with E-state index >= 15 is 0 Å². The van der Waals surface area contributed by atoms with E-state index in [-0.39, 0.29) is 26.5 Å². The summed E-state index contributed by atoms with van der Waals surface area (Å²) in [5.41, 5.74) is 0.930. The zero-order chi connectivity index (χ0) is 17.0. The molecule has 0 aliphatic rings. The Kier molecular flexibility index (Phi) is 5.68. The Balaban J connectivity index is 2.13. The lowest BCUT2D eigenvalue weighted by Gasteiger charge is -2.08. The van der Waals surface area contributed by atoms with Crippen molar-refractivity contribution in [3.8, 4) is 5.75 Å². The number of hydrogen-bond acceptors (Lipinski definition) is 4. The van der Waals surface area contributed by atoms with Gasteiger partial charge in [-0.25, -0.2) is 0 Å². The lowest BCUT2D eigenvalue weighted by atomic mass is 10.1. The smallest absolute Gasteiger partial charge is 0.339 e. The predicted octanol–water partition coefficient (Wildman–Crippen LogP) is 4.28. The molecule has 0 fully saturated rings. The summed E-state index contributed by atoms with van der Waals surface area (Å²) in [5, 5.41) is 0.399. The number of aryl methyl sites for hydroxylation is 1. The number of halogens is 2. The van der Waals surface area contributed by atoms with Crippen molar-refractivity contribution in [1.82, 2.24) is 0 Å². The molecule has 0 spiro atoms. The Morgan fingerprint density at radius 2 is 1.70 bits per heavy atom. The molecule has 0 aromatic heterocycles. The van der Waals surface area contributed by atoms with Crippen molar-refractivity contribution >= 4 is 39.1 Å². The van der Waals surface area contributed by atoms with Crippen LogP contribution in [0.3, 0.4) is 0 Å². The summed E-state index contributed by atoms with van der Waals surface area (Å²) < 4.78 is 29.5. The zero-order valence-corrected chi connectivity index (χ0v) is 14.6. The summed E-state index contributed by atoms with van der Waals surface area (Å²) in [6, 6.07) is 10.5. The molecule has 7 heteroatoms. The number of Topliss-reactive ketones (excluding diaryl/α,β-unsaturated/α-hetero) is 1. The largest absolute Gasteiger partial charge is 0.379 e. The fraction of sp³-hybridized carbons (Fsp3) is 0.188. The molecule has 0 bridgehead atoms. The maximum Gasteiger partial charge on any atom is 0.339 e. The van der Waals surface area contributed by atoms with E-state index in [4.69, 9.17) is 27.4 Å². The second kappa shape index (κ2) is 7.34. The molecule has 0 aliphatic carbocycles. The second-order valence-electron chi connectivity index (χ2n) is 4.96. The minimum atomic E-state index is -3.99. The molecule has 23 heavy (non-hydrogen) atoms. The molecule has 122 valence electrons. The number of hydrogen-bond donors (Lipinski definition) is 0. The third-order valence-electron chi connectivity index (χ3n) is 3.07. The third-order valence-corrected chi connectivity index (χ3v) is 5.06. The molecule has 2 aromatic carbocycles. The number of ketones is 1. The van der Waals surface area contributed by atoms with E-state index in [1.54, 1.807) is 24.3 Å². The van der Waals surface area contributed by atoms with E-state index in [1.807, 2.05) is 0 Å². The second-order valence-corrected chi connectivity index (χ2v) is 7.32. The van der Waals surface area contributed by atoms with Crippen molar-refractivity contribution in [2.45, 2.75) is 24.7 Å². The van der Waals surface area contributed by atoms with Crippen LogP contribution >= 0.6 is 23.2 Å². The molecule has 0 radical (unpaired) electrons. The normalized spacial score (nSPS) is 11.3. The molecule has 2 aromatic rings. The van der Waals surface area contributed by atoms with Gasteiger partial charge in [0.15, 0.2) is 0 Å². The van der Waals surface area contributed by atoms with Crippen molar-refractivity contribution in [1.29, 1.82) is 0 Å². The van der Waals surface area contributed by atoms with Crippen LogP contribution in [-0.4, -0.2) is 14.2 Å². The molecule has 0 unspecified atom stereocenters. The van der Waals surface area contributed by atoms with E-state index in [0.29, 0.717) is 12.8 Å². The molecular weight excluding hydrogens is 359 g/mol. The zero-order valence-electron chi connectivity index (χ0n) is 12.3. The molecule has 0 amide bonds. The monoisotopic (exact) mass is 372 g/mol. The molecule has 0 aliphatic heterocycles. The molecule has 0 N–H and O–H groups in total. The summed E-state index contributed by atoms with van der Waals surface area (Å²) in [6.45, 7) is 1.53. The van der Waals surface area contributed by atoms with E-state index in [2.05, 4.69) is 0 Å². The van der Waals surface area contributed by atoms with Crippen LogP contribution in [0.1, 0.15) is 18.9 Å². The van der Waals surface area contributed by atoms with Gasteiger partial charge in [-0.2, -0.15) is 8.42 Å². The lowest BCUT2D eigenvalue weighted by Crippen LogP contribution is -2.09. The Labute approximate surface area is 145 Å². The molecule has 0 atom stereocenters. The average Bonchev–Trinajstić information content (AvgIpc) is 2.49. The number of carbonyl (C=O) groups is 1. The topological polar surface area (TPSA) is 60.4 Å². The fourth-order valence-corrected chi connectivity index (χ4v) is 3.16. The highest BCUT2D eigenvalue weighted by Crippen LogP contribution is 2.26. The first-order valence-electron chi connectivity index (χ1n) is 6.76. The Morgan fingerprint density at radius 1 is 1.04 bits per heavy atom. The standard InChI is InChI=1S/C16H14Cl2O4S/c1-11(19)2-3-12-4-6-13(7-5-12)22-23(20,21)14-8-9-15(17)16(18)10-14/h4-10H,2-3H2,1H3. The van der Waals surface area contributed by atoms with E-state index in [1.165, 1.54) is 25.1 Å². The summed E-state index contributed by atoms with van der Waals surface area (Å²) in [5.74, 6) is 0.287. The van der Waals surface area contributed by atoms with Gasteiger partial charge in [-0.05, 0) is 49.2 Å². The van der Waals surface area contributed by atoms with E-state index in [9.17, 15) is 13.2 Å². The molecular formula is C16H14Cl2O4S. The first-order chi connectivity index (χ1) is 10.8. The van der Waals surface area contributed by atoms with Crippen molar-refractivity contribution in [3.63, 3.8) is 0 Å². The lowest BCUT2D eigenvalue weighted by molar-refractivity contribution is -0.116. The number of carbonyl (C=O) groups excluding carboxylic acids is 1. The van der Waals surface area contributed by atoms with Gasteiger partial charge in [0.25, 0.3) is 0 Å². The number of benzene rings is 2. The molecule has 0 saturated carbocycles. The summed E-state index contributed by atoms with van der Waals surface area (Å²) in [6.07, 6.45) is 1.05. The van der Waals surface area contributed by atoms with Crippen LogP contribution in [0.2, 0.25) is 10.0 Å². The average molecular weight is 373 g/mol. The van der Waals surface area contributed by atoms with E-state index < -0.39 is 10.1 Å². The minimum absolute atomic E-state index is 0.0763. The van der Waals surface area contributed by atoms with Gasteiger partial charge in [-0.1, -0.05) is 35.3 Å². The fourth-order valence-electron chi connectivity index (χ4n) is 1.84. The first-order valence-corrected chi connectivity index (χ1v) is 8.92. The Morgan fingerprint density at radius 3 is 2.26 bits per heavy atom. The predicted molar refractivity (Wildman–Crippen MR) is 89.7 cm³/mol. The summed E-state index contributed by atoms with van der Waals surface area (Å²) >= 11 is 11.6. The maximum absolute atomic E-state index is 12.2. The highest BCUT2D eigenvalue weighted by molar-refractivity contribution is 7.87. The number of rotatable bonds is 6. The third kappa shape index (κ3) is 4.96. The van der Waals surface area contributed by atoms with Crippen molar-refractivity contribution < 1.29 is 17.4 Å². The van der Waals surface area contributed by atoms with Gasteiger partial charge in [0, 0.05) is 6.42 Å². The van der Waals surface area contributed by atoms with Gasteiger partial charge in [0.1, 0.15) is 16.4 Å². The van der Waals surface area contributed by atoms with Crippen molar-refractivity contribution in [2.24, 2.45) is 0 Å². The van der Waals surface area contributed by atoms with Crippen LogP contribution in [0, 0.1) is 0 Å². The highest BCUT2D eigenvalue weighted by Gasteiger charge is 2.18. The van der Waals surface area contributed by atoms with Crippen LogP contribution in [0.25, 0.3) is 0 Å². The van der Waals surface area contributed by atoms with Crippen LogP contribution in [0.4, 0.5) is 0 Å². The minimum Gasteiger partial charge on any atom is -0.379 e. The quantitative estimate of drug-likeness (QED) is 0.709. The van der Waals surface area contributed by atoms with Crippen LogP contribution in [0.5, 0.6) is 5.75 Å². The van der Waals surface area contributed by atoms with E-state index in [0.717, 1.165) is 5.56 Å². The van der Waals surface area contributed by atoms with Crippen LogP contribution < -0.4 is 4.18 Å². The molecule has 4 nitrogen and oxygen atoms in total. The van der Waals surface area contributed by atoms with Gasteiger partial charge in [0.05, 0.1) is 10.0 Å². The first kappa shape index (κ1) is 17.8. The molecule has 2 rings (SSSR count). The highest BCUT2D eigenvalue weighted by atomic mass is 35.5. The Hall–Kier alpha value is -1.56. The van der Waals surface area contributed by atoms with Crippen molar-refractivity contribution in [3.05, 3.63) is 58.1 Å². The van der Waals surface area contributed by atoms with Gasteiger partial charge >= 0.3 is 10.1 Å². The van der Waals surface area contributed by atoms with Crippen LogP contribution in [0.15, 0.2) is 47.4 Å². The molecule has 0 heterocycles. The summed E-state index contributed by atoms with van der Waals surface area (Å²) in [4.78, 5) is 10.9. The SMILES string of the molecule is CC(=O)CCc1ccc(OS(=O)(=O)c2ccc(Cl)c(Cl)c2)cc1. The molecule has 0 saturated heterocycles. The van der Waals surface area contributed by atoms with Gasteiger partial charge in [-0.3, -0.25) is 0 Å². The van der Waals surface area contributed by atoms with Gasteiger partial charge < -0.3 is 8.98 Å². The Bertz CT molecular complexity index is 814. The van der Waals surface area contributed by atoms with Gasteiger partial charge in [0.2, 0.25) is 0 Å². The summed E-state index contributed by atoms with van der Waals surface area (Å²) in [7, 11) is -3.99. The van der Waals surface area contributed by atoms with Crippen molar-refractivity contribution in [2.75, 3.05) is 0 Å². The maximum atomic E-state index is 12.2.